The van der Waals surface area contributed by atoms with Crippen LogP contribution in [0.1, 0.15) is 18.5 Å². The molecule has 0 saturated carbocycles. The number of rotatable bonds is 4. The van der Waals surface area contributed by atoms with Crippen molar-refractivity contribution < 1.29 is 9.47 Å². The standard InChI is InChI=1S/C14H16N2O2/c1-10(15)11-7-8-16-14(9-11)18-13-6-4-3-5-12(13)17-2/h3-10H,15H2,1-2H3. The predicted molar refractivity (Wildman–Crippen MR) is 69.9 cm³/mol. The fourth-order valence-electron chi connectivity index (χ4n) is 1.58. The second-order valence-electron chi connectivity index (χ2n) is 3.97. The summed E-state index contributed by atoms with van der Waals surface area (Å²) in [6.07, 6.45) is 1.68. The van der Waals surface area contributed by atoms with E-state index in [-0.39, 0.29) is 6.04 Å². The molecular weight excluding hydrogens is 228 g/mol. The third-order valence-electron chi connectivity index (χ3n) is 2.57. The minimum Gasteiger partial charge on any atom is -0.493 e. The molecule has 1 aromatic heterocycles. The number of para-hydroxylation sites is 2. The molecule has 0 saturated heterocycles. The lowest BCUT2D eigenvalue weighted by Crippen LogP contribution is -2.05. The Kier molecular flexibility index (Phi) is 3.79. The lowest BCUT2D eigenvalue weighted by molar-refractivity contribution is 0.374. The number of hydrogen-bond acceptors (Lipinski definition) is 4. The Balaban J connectivity index is 2.25. The van der Waals surface area contributed by atoms with Crippen LogP contribution in [0.3, 0.4) is 0 Å². The van der Waals surface area contributed by atoms with Gasteiger partial charge in [0.25, 0.3) is 0 Å². The quantitative estimate of drug-likeness (QED) is 0.898. The number of pyridine rings is 1. The predicted octanol–water partition coefficient (Wildman–Crippen LogP) is 2.90. The summed E-state index contributed by atoms with van der Waals surface area (Å²) in [5.74, 6) is 1.81. The van der Waals surface area contributed by atoms with Crippen molar-refractivity contribution in [2.24, 2.45) is 5.73 Å². The van der Waals surface area contributed by atoms with E-state index in [9.17, 15) is 0 Å². The topological polar surface area (TPSA) is 57.4 Å². The molecule has 2 aromatic rings. The second kappa shape index (κ2) is 5.51. The largest absolute Gasteiger partial charge is 0.493 e. The van der Waals surface area contributed by atoms with E-state index in [0.29, 0.717) is 17.4 Å². The Morgan fingerprint density at radius 2 is 1.89 bits per heavy atom. The van der Waals surface area contributed by atoms with Crippen molar-refractivity contribution >= 4 is 0 Å². The van der Waals surface area contributed by atoms with Gasteiger partial charge in [-0.05, 0) is 30.7 Å². The average molecular weight is 244 g/mol. The van der Waals surface area contributed by atoms with Crippen molar-refractivity contribution in [3.63, 3.8) is 0 Å². The first-order chi connectivity index (χ1) is 8.70. The Morgan fingerprint density at radius 3 is 2.56 bits per heavy atom. The van der Waals surface area contributed by atoms with E-state index >= 15 is 0 Å². The molecule has 0 bridgehead atoms. The Bertz CT molecular complexity index is 527. The maximum atomic E-state index is 5.82. The Labute approximate surface area is 106 Å². The van der Waals surface area contributed by atoms with Gasteiger partial charge in [0.2, 0.25) is 5.88 Å². The lowest BCUT2D eigenvalue weighted by atomic mass is 10.1. The van der Waals surface area contributed by atoms with Crippen molar-refractivity contribution in [2.45, 2.75) is 13.0 Å². The van der Waals surface area contributed by atoms with Crippen molar-refractivity contribution in [1.29, 1.82) is 0 Å². The number of ether oxygens (including phenoxy) is 2. The number of nitrogens with two attached hydrogens (primary N) is 1. The summed E-state index contributed by atoms with van der Waals surface area (Å²) < 4.78 is 10.9. The van der Waals surface area contributed by atoms with Gasteiger partial charge in [0.05, 0.1) is 7.11 Å². The minimum absolute atomic E-state index is 0.0481. The fraction of sp³-hybridized carbons (Fsp3) is 0.214. The minimum atomic E-state index is -0.0481. The van der Waals surface area contributed by atoms with E-state index in [0.717, 1.165) is 5.56 Å². The molecule has 0 radical (unpaired) electrons. The van der Waals surface area contributed by atoms with Gasteiger partial charge in [-0.2, -0.15) is 0 Å². The van der Waals surface area contributed by atoms with Crippen LogP contribution in [0.4, 0.5) is 0 Å². The van der Waals surface area contributed by atoms with Crippen LogP contribution in [0, 0.1) is 0 Å². The highest BCUT2D eigenvalue weighted by Crippen LogP contribution is 2.30. The lowest BCUT2D eigenvalue weighted by Gasteiger charge is -2.11. The number of methoxy groups -OCH3 is 1. The van der Waals surface area contributed by atoms with Gasteiger partial charge >= 0.3 is 0 Å². The van der Waals surface area contributed by atoms with Gasteiger partial charge in [-0.25, -0.2) is 4.98 Å². The van der Waals surface area contributed by atoms with Crippen LogP contribution in [0.15, 0.2) is 42.6 Å². The molecule has 0 aliphatic rings. The summed E-state index contributed by atoms with van der Waals surface area (Å²) in [7, 11) is 1.61. The van der Waals surface area contributed by atoms with E-state index in [4.69, 9.17) is 15.2 Å². The molecule has 1 heterocycles. The summed E-state index contributed by atoms with van der Waals surface area (Å²) in [4.78, 5) is 4.16. The molecule has 94 valence electrons. The summed E-state index contributed by atoms with van der Waals surface area (Å²) in [6, 6.07) is 11.1. The molecule has 0 aliphatic carbocycles. The van der Waals surface area contributed by atoms with Crippen LogP contribution in [0.2, 0.25) is 0 Å². The van der Waals surface area contributed by atoms with E-state index < -0.39 is 0 Å². The van der Waals surface area contributed by atoms with Crippen molar-refractivity contribution in [3.05, 3.63) is 48.2 Å². The second-order valence-corrected chi connectivity index (χ2v) is 3.97. The molecule has 2 N–H and O–H groups in total. The summed E-state index contributed by atoms with van der Waals surface area (Å²) >= 11 is 0. The van der Waals surface area contributed by atoms with Gasteiger partial charge in [0.15, 0.2) is 11.5 Å². The highest BCUT2D eigenvalue weighted by molar-refractivity contribution is 5.41. The van der Waals surface area contributed by atoms with Crippen LogP contribution in [0.25, 0.3) is 0 Å². The van der Waals surface area contributed by atoms with Gasteiger partial charge in [0, 0.05) is 18.3 Å². The van der Waals surface area contributed by atoms with E-state index in [1.54, 1.807) is 13.3 Å². The first kappa shape index (κ1) is 12.4. The number of nitrogens with zero attached hydrogens (tertiary/aromatic N) is 1. The van der Waals surface area contributed by atoms with Gasteiger partial charge in [0.1, 0.15) is 0 Å². The molecule has 4 heteroatoms. The van der Waals surface area contributed by atoms with Crippen molar-refractivity contribution in [1.82, 2.24) is 4.98 Å². The molecule has 0 aliphatic heterocycles. The third kappa shape index (κ3) is 2.78. The summed E-state index contributed by atoms with van der Waals surface area (Å²) in [5, 5.41) is 0. The molecule has 18 heavy (non-hydrogen) atoms. The molecular formula is C14H16N2O2. The van der Waals surface area contributed by atoms with E-state index in [1.165, 1.54) is 0 Å². The molecule has 1 unspecified atom stereocenters. The molecule has 0 spiro atoms. The Morgan fingerprint density at radius 1 is 1.17 bits per heavy atom. The van der Waals surface area contributed by atoms with Gasteiger partial charge in [-0.1, -0.05) is 12.1 Å². The summed E-state index contributed by atoms with van der Waals surface area (Å²) in [5.41, 5.74) is 6.81. The molecule has 1 atom stereocenters. The first-order valence-electron chi connectivity index (χ1n) is 5.73. The third-order valence-corrected chi connectivity index (χ3v) is 2.57. The van der Waals surface area contributed by atoms with Crippen LogP contribution >= 0.6 is 0 Å². The fourth-order valence-corrected chi connectivity index (χ4v) is 1.58. The van der Waals surface area contributed by atoms with E-state index in [1.807, 2.05) is 43.3 Å². The van der Waals surface area contributed by atoms with Crippen molar-refractivity contribution in [2.75, 3.05) is 7.11 Å². The zero-order valence-electron chi connectivity index (χ0n) is 10.5. The SMILES string of the molecule is COc1ccccc1Oc1cc(C(C)N)ccn1. The highest BCUT2D eigenvalue weighted by Gasteiger charge is 2.07. The smallest absolute Gasteiger partial charge is 0.219 e. The zero-order chi connectivity index (χ0) is 13.0. The van der Waals surface area contributed by atoms with Gasteiger partial charge in [-0.15, -0.1) is 0 Å². The molecule has 2 rings (SSSR count). The van der Waals surface area contributed by atoms with Crippen LogP contribution < -0.4 is 15.2 Å². The number of aromatic nitrogens is 1. The molecule has 1 aromatic carbocycles. The van der Waals surface area contributed by atoms with Crippen LogP contribution in [0.5, 0.6) is 17.4 Å². The van der Waals surface area contributed by atoms with Crippen LogP contribution in [-0.4, -0.2) is 12.1 Å². The van der Waals surface area contributed by atoms with Gasteiger partial charge in [-0.3, -0.25) is 0 Å². The monoisotopic (exact) mass is 244 g/mol. The number of hydrogen-bond donors (Lipinski definition) is 1. The number of benzene rings is 1. The maximum Gasteiger partial charge on any atom is 0.219 e. The van der Waals surface area contributed by atoms with Crippen LogP contribution in [-0.2, 0) is 0 Å². The van der Waals surface area contributed by atoms with Crippen molar-refractivity contribution in [3.8, 4) is 17.4 Å². The van der Waals surface area contributed by atoms with Gasteiger partial charge < -0.3 is 15.2 Å². The molecule has 0 amide bonds. The normalized spacial score (nSPS) is 11.9. The maximum absolute atomic E-state index is 5.82. The Hall–Kier alpha value is -2.07. The zero-order valence-corrected chi connectivity index (χ0v) is 10.5. The molecule has 0 fully saturated rings. The van der Waals surface area contributed by atoms with E-state index in [2.05, 4.69) is 4.98 Å². The molecule has 4 nitrogen and oxygen atoms in total. The highest BCUT2D eigenvalue weighted by atomic mass is 16.5. The average Bonchev–Trinajstić information content (AvgIpc) is 2.39. The first-order valence-corrected chi connectivity index (χ1v) is 5.73. The summed E-state index contributed by atoms with van der Waals surface area (Å²) in [6.45, 7) is 1.92.